The SMILES string of the molecule is CCCC(C)OCCC1CCN(S(=O)[O-])CC1. The minimum atomic E-state index is -2.03. The van der Waals surface area contributed by atoms with Crippen LogP contribution in [0, 0.1) is 5.92 Å². The van der Waals surface area contributed by atoms with E-state index in [9.17, 15) is 8.76 Å². The molecule has 0 aromatic rings. The number of ether oxygens (including phenoxy) is 1. The quantitative estimate of drug-likeness (QED) is 0.660. The van der Waals surface area contributed by atoms with Gasteiger partial charge in [-0.15, -0.1) is 0 Å². The fourth-order valence-electron chi connectivity index (χ4n) is 2.27. The molecular weight excluding hydrogens is 238 g/mol. The van der Waals surface area contributed by atoms with Crippen LogP contribution in [0.2, 0.25) is 0 Å². The van der Waals surface area contributed by atoms with Crippen LogP contribution >= 0.6 is 0 Å². The first-order chi connectivity index (χ1) is 8.13. The van der Waals surface area contributed by atoms with E-state index in [2.05, 4.69) is 13.8 Å². The maximum atomic E-state index is 10.7. The van der Waals surface area contributed by atoms with Crippen LogP contribution < -0.4 is 0 Å². The van der Waals surface area contributed by atoms with Crippen molar-refractivity contribution in [1.29, 1.82) is 0 Å². The molecule has 0 radical (unpaired) electrons. The third kappa shape index (κ3) is 5.95. The van der Waals surface area contributed by atoms with E-state index in [4.69, 9.17) is 4.74 Å². The first kappa shape index (κ1) is 15.1. The Hall–Kier alpha value is 0.0300. The van der Waals surface area contributed by atoms with Crippen molar-refractivity contribution in [2.24, 2.45) is 5.92 Å². The molecular formula is C12H24NO3S-. The molecule has 0 aromatic heterocycles. The lowest BCUT2D eigenvalue weighted by molar-refractivity contribution is 0.0465. The molecule has 1 fully saturated rings. The number of rotatable bonds is 7. The van der Waals surface area contributed by atoms with Crippen molar-refractivity contribution in [3.8, 4) is 0 Å². The summed E-state index contributed by atoms with van der Waals surface area (Å²) in [6, 6.07) is 0. The van der Waals surface area contributed by atoms with Crippen LogP contribution in [0.3, 0.4) is 0 Å². The van der Waals surface area contributed by atoms with Gasteiger partial charge in [-0.05, 0) is 38.5 Å². The highest BCUT2D eigenvalue weighted by molar-refractivity contribution is 7.76. The smallest absolute Gasteiger partial charge is 0.0546 e. The summed E-state index contributed by atoms with van der Waals surface area (Å²) in [4.78, 5) is 0. The number of hydrogen-bond acceptors (Lipinski definition) is 3. The molecule has 17 heavy (non-hydrogen) atoms. The molecule has 2 unspecified atom stereocenters. The van der Waals surface area contributed by atoms with Gasteiger partial charge in [0.2, 0.25) is 0 Å². The van der Waals surface area contributed by atoms with Crippen LogP contribution in [0.1, 0.15) is 46.0 Å². The Morgan fingerprint density at radius 2 is 2.12 bits per heavy atom. The van der Waals surface area contributed by atoms with E-state index in [0.717, 1.165) is 38.7 Å². The van der Waals surface area contributed by atoms with Gasteiger partial charge < -0.3 is 9.29 Å². The Balaban J connectivity index is 2.08. The van der Waals surface area contributed by atoms with Crippen LogP contribution in [0.25, 0.3) is 0 Å². The Morgan fingerprint density at radius 3 is 2.65 bits per heavy atom. The van der Waals surface area contributed by atoms with Gasteiger partial charge in [-0.3, -0.25) is 4.21 Å². The fraction of sp³-hybridized carbons (Fsp3) is 1.00. The molecule has 1 aliphatic heterocycles. The lowest BCUT2D eigenvalue weighted by Crippen LogP contribution is -2.35. The molecule has 0 N–H and O–H groups in total. The van der Waals surface area contributed by atoms with Crippen molar-refractivity contribution < 1.29 is 13.5 Å². The molecule has 0 aromatic carbocycles. The number of piperidine rings is 1. The Labute approximate surface area is 107 Å². The van der Waals surface area contributed by atoms with E-state index in [0.29, 0.717) is 25.1 Å². The lowest BCUT2D eigenvalue weighted by atomic mass is 9.95. The topological polar surface area (TPSA) is 52.6 Å². The fourth-order valence-corrected chi connectivity index (χ4v) is 2.78. The monoisotopic (exact) mass is 262 g/mol. The second-order valence-corrected chi connectivity index (χ2v) is 5.80. The third-order valence-electron chi connectivity index (χ3n) is 3.41. The Bertz CT molecular complexity index is 230. The molecule has 0 aliphatic carbocycles. The van der Waals surface area contributed by atoms with Gasteiger partial charge in [0.25, 0.3) is 0 Å². The largest absolute Gasteiger partial charge is 0.760 e. The van der Waals surface area contributed by atoms with Crippen molar-refractivity contribution in [2.45, 2.75) is 52.1 Å². The van der Waals surface area contributed by atoms with Crippen LogP contribution in [0.15, 0.2) is 0 Å². The first-order valence-electron chi connectivity index (χ1n) is 6.59. The van der Waals surface area contributed by atoms with Gasteiger partial charge in [-0.2, -0.15) is 0 Å². The molecule has 1 heterocycles. The molecule has 1 rings (SSSR count). The molecule has 4 nitrogen and oxygen atoms in total. The second kappa shape index (κ2) is 8.19. The standard InChI is InChI=1S/C12H25NO3S/c1-3-4-11(2)16-10-7-12-5-8-13(9-6-12)17(14)15/h11-12H,3-10H2,1-2H3,(H,14,15)/p-1. The average molecular weight is 262 g/mol. The summed E-state index contributed by atoms with van der Waals surface area (Å²) in [6.07, 6.45) is 5.64. The van der Waals surface area contributed by atoms with Gasteiger partial charge in [0.15, 0.2) is 0 Å². The minimum Gasteiger partial charge on any atom is -0.760 e. The van der Waals surface area contributed by atoms with Crippen molar-refractivity contribution in [3.05, 3.63) is 0 Å². The number of hydrogen-bond donors (Lipinski definition) is 0. The predicted octanol–water partition coefficient (Wildman–Crippen LogP) is 2.09. The molecule has 1 saturated heterocycles. The van der Waals surface area contributed by atoms with Gasteiger partial charge >= 0.3 is 0 Å². The highest BCUT2D eigenvalue weighted by Crippen LogP contribution is 2.21. The van der Waals surface area contributed by atoms with E-state index in [1.54, 1.807) is 0 Å². The van der Waals surface area contributed by atoms with Crippen molar-refractivity contribution in [3.63, 3.8) is 0 Å². The van der Waals surface area contributed by atoms with Crippen molar-refractivity contribution in [1.82, 2.24) is 4.31 Å². The highest BCUT2D eigenvalue weighted by atomic mass is 32.2. The molecule has 5 heteroatoms. The zero-order valence-electron chi connectivity index (χ0n) is 10.9. The first-order valence-corrected chi connectivity index (χ1v) is 7.62. The maximum Gasteiger partial charge on any atom is 0.0546 e. The molecule has 0 amide bonds. The van der Waals surface area contributed by atoms with E-state index in [1.165, 1.54) is 4.31 Å². The molecule has 0 spiro atoms. The van der Waals surface area contributed by atoms with Gasteiger partial charge in [0.05, 0.1) is 6.10 Å². The highest BCUT2D eigenvalue weighted by Gasteiger charge is 2.19. The van der Waals surface area contributed by atoms with Crippen LogP contribution in [-0.4, -0.2) is 38.9 Å². The van der Waals surface area contributed by atoms with Crippen LogP contribution in [0.4, 0.5) is 0 Å². The number of nitrogens with zero attached hydrogens (tertiary/aromatic N) is 1. The zero-order chi connectivity index (χ0) is 12.7. The van der Waals surface area contributed by atoms with E-state index < -0.39 is 11.3 Å². The predicted molar refractivity (Wildman–Crippen MR) is 68.2 cm³/mol. The van der Waals surface area contributed by atoms with Gasteiger partial charge in [-0.1, -0.05) is 13.3 Å². The summed E-state index contributed by atoms with van der Waals surface area (Å²) in [5.41, 5.74) is 0. The Kier molecular flexibility index (Phi) is 7.27. The summed E-state index contributed by atoms with van der Waals surface area (Å²) >= 11 is -2.03. The Morgan fingerprint density at radius 1 is 1.47 bits per heavy atom. The molecule has 2 atom stereocenters. The van der Waals surface area contributed by atoms with Gasteiger partial charge in [-0.25, -0.2) is 4.31 Å². The van der Waals surface area contributed by atoms with E-state index in [1.807, 2.05) is 0 Å². The second-order valence-electron chi connectivity index (χ2n) is 4.85. The van der Waals surface area contributed by atoms with Crippen LogP contribution in [0.5, 0.6) is 0 Å². The van der Waals surface area contributed by atoms with Gasteiger partial charge in [0, 0.05) is 31.0 Å². The third-order valence-corrected chi connectivity index (χ3v) is 4.19. The molecule has 102 valence electrons. The minimum absolute atomic E-state index is 0.356. The normalized spacial score (nSPS) is 22.5. The summed E-state index contributed by atoms with van der Waals surface area (Å²) in [5, 5.41) is 0. The molecule has 0 saturated carbocycles. The summed E-state index contributed by atoms with van der Waals surface area (Å²) in [6.45, 7) is 6.44. The zero-order valence-corrected chi connectivity index (χ0v) is 11.7. The van der Waals surface area contributed by atoms with Gasteiger partial charge in [0.1, 0.15) is 0 Å². The molecule has 1 aliphatic rings. The van der Waals surface area contributed by atoms with Crippen molar-refractivity contribution >= 4 is 11.3 Å². The lowest BCUT2D eigenvalue weighted by Gasteiger charge is -2.32. The van der Waals surface area contributed by atoms with Crippen LogP contribution in [-0.2, 0) is 16.0 Å². The average Bonchev–Trinajstić information content (AvgIpc) is 2.30. The molecule has 0 bridgehead atoms. The summed E-state index contributed by atoms with van der Waals surface area (Å²) in [7, 11) is 0. The summed E-state index contributed by atoms with van der Waals surface area (Å²) in [5.74, 6) is 0.628. The van der Waals surface area contributed by atoms with E-state index >= 15 is 0 Å². The maximum absolute atomic E-state index is 10.7. The van der Waals surface area contributed by atoms with E-state index in [-0.39, 0.29) is 0 Å². The summed E-state index contributed by atoms with van der Waals surface area (Å²) < 4.78 is 28.7. The van der Waals surface area contributed by atoms with Crippen molar-refractivity contribution in [2.75, 3.05) is 19.7 Å².